The first kappa shape index (κ1) is 13.7. The van der Waals surface area contributed by atoms with Gasteiger partial charge >= 0.3 is 0 Å². The van der Waals surface area contributed by atoms with Crippen LogP contribution in [0.3, 0.4) is 0 Å². The second kappa shape index (κ2) is 5.94. The Labute approximate surface area is 119 Å². The Bertz CT molecular complexity index is 596. The molecule has 0 saturated carbocycles. The molecule has 1 aromatic heterocycles. The number of nitrogens with zero attached hydrogens (tertiary/aromatic N) is 3. The van der Waals surface area contributed by atoms with E-state index in [0.29, 0.717) is 12.2 Å². The van der Waals surface area contributed by atoms with Gasteiger partial charge in [0.25, 0.3) is 0 Å². The first-order valence-corrected chi connectivity index (χ1v) is 6.53. The number of hydrogen-bond donors (Lipinski definition) is 2. The molecule has 2 rings (SSSR count). The zero-order chi connectivity index (χ0) is 13.8. The molecule has 7 heteroatoms. The molecule has 0 atom stereocenters. The van der Waals surface area contributed by atoms with Gasteiger partial charge in [-0.1, -0.05) is 11.3 Å². The zero-order valence-corrected chi connectivity index (χ0v) is 12.0. The number of nitrogens with one attached hydrogen (secondary N) is 1. The topological polar surface area (TPSA) is 85.8 Å². The van der Waals surface area contributed by atoms with Crippen molar-refractivity contribution in [3.63, 3.8) is 0 Å². The van der Waals surface area contributed by atoms with Gasteiger partial charge in [0.15, 0.2) is 0 Å². The van der Waals surface area contributed by atoms with Crippen LogP contribution in [0.5, 0.6) is 0 Å². The van der Waals surface area contributed by atoms with E-state index in [4.69, 9.17) is 5.73 Å². The van der Waals surface area contributed by atoms with Gasteiger partial charge in [-0.15, -0.1) is 5.10 Å². The summed E-state index contributed by atoms with van der Waals surface area (Å²) < 4.78 is 2.30. The normalized spacial score (nSPS) is 10.5. The highest BCUT2D eigenvalue weighted by atomic mass is 79.9. The third kappa shape index (κ3) is 3.62. The van der Waals surface area contributed by atoms with E-state index in [-0.39, 0.29) is 12.5 Å². The van der Waals surface area contributed by atoms with Crippen LogP contribution in [0, 0.1) is 6.92 Å². The maximum atomic E-state index is 11.9. The number of hydrogen-bond acceptors (Lipinski definition) is 4. The van der Waals surface area contributed by atoms with Crippen molar-refractivity contribution in [3.05, 3.63) is 40.1 Å². The van der Waals surface area contributed by atoms with Crippen molar-refractivity contribution in [3.8, 4) is 0 Å². The van der Waals surface area contributed by atoms with Gasteiger partial charge < -0.3 is 11.1 Å². The number of anilines is 1. The summed E-state index contributed by atoms with van der Waals surface area (Å²) in [6, 6.07) is 5.76. The lowest BCUT2D eigenvalue weighted by atomic mass is 10.2. The number of nitrogens with two attached hydrogens (primary N) is 1. The third-order valence-corrected chi connectivity index (χ3v) is 3.19. The molecule has 2 aromatic rings. The molecule has 0 bridgehead atoms. The van der Waals surface area contributed by atoms with Gasteiger partial charge in [-0.3, -0.25) is 4.79 Å². The summed E-state index contributed by atoms with van der Waals surface area (Å²) in [5, 5.41) is 10.5. The lowest BCUT2D eigenvalue weighted by molar-refractivity contribution is -0.116. The summed E-state index contributed by atoms with van der Waals surface area (Å²) in [4.78, 5) is 11.9. The minimum atomic E-state index is -0.167. The predicted octanol–water partition coefficient (Wildman–Crippen LogP) is 1.45. The maximum Gasteiger partial charge on any atom is 0.246 e. The molecule has 0 fully saturated rings. The molecule has 0 aliphatic heterocycles. The molecule has 19 heavy (non-hydrogen) atoms. The van der Waals surface area contributed by atoms with Crippen molar-refractivity contribution in [2.75, 3.05) is 5.32 Å². The summed E-state index contributed by atoms with van der Waals surface area (Å²) in [6.45, 7) is 2.38. The standard InChI is InChI=1S/C12H14BrN5O/c1-8-2-3-10(13)11(4-8)15-12(19)7-18-6-9(5-14)16-17-18/h2-4,6H,5,7,14H2,1H3,(H,15,19). The van der Waals surface area contributed by atoms with Crippen molar-refractivity contribution < 1.29 is 4.79 Å². The molecule has 0 aliphatic carbocycles. The number of carbonyl (C=O) groups excluding carboxylic acids is 1. The highest BCUT2D eigenvalue weighted by Crippen LogP contribution is 2.23. The van der Waals surface area contributed by atoms with Crippen molar-refractivity contribution in [2.24, 2.45) is 5.73 Å². The van der Waals surface area contributed by atoms with E-state index in [1.54, 1.807) is 6.20 Å². The van der Waals surface area contributed by atoms with Crippen molar-refractivity contribution >= 4 is 27.5 Å². The molecular weight excluding hydrogens is 310 g/mol. The average molecular weight is 324 g/mol. The minimum absolute atomic E-state index is 0.105. The van der Waals surface area contributed by atoms with Gasteiger partial charge in [-0.2, -0.15) is 0 Å². The second-order valence-electron chi connectivity index (χ2n) is 4.14. The number of benzene rings is 1. The largest absolute Gasteiger partial charge is 0.325 e. The fourth-order valence-corrected chi connectivity index (χ4v) is 1.93. The molecule has 1 heterocycles. The third-order valence-electron chi connectivity index (χ3n) is 2.50. The van der Waals surface area contributed by atoms with Crippen LogP contribution < -0.4 is 11.1 Å². The summed E-state index contributed by atoms with van der Waals surface area (Å²) in [5.74, 6) is -0.167. The molecule has 0 unspecified atom stereocenters. The van der Waals surface area contributed by atoms with Crippen LogP contribution in [0.4, 0.5) is 5.69 Å². The molecule has 100 valence electrons. The smallest absolute Gasteiger partial charge is 0.246 e. The molecule has 0 radical (unpaired) electrons. The molecule has 0 aliphatic rings. The van der Waals surface area contributed by atoms with E-state index < -0.39 is 0 Å². The van der Waals surface area contributed by atoms with Crippen LogP contribution in [0.25, 0.3) is 0 Å². The van der Waals surface area contributed by atoms with Gasteiger partial charge in [-0.05, 0) is 40.5 Å². The molecule has 6 nitrogen and oxygen atoms in total. The van der Waals surface area contributed by atoms with Crippen LogP contribution in [0.15, 0.2) is 28.9 Å². The Morgan fingerprint density at radius 2 is 2.32 bits per heavy atom. The van der Waals surface area contributed by atoms with E-state index in [0.717, 1.165) is 15.7 Å². The van der Waals surface area contributed by atoms with Crippen LogP contribution in [0.1, 0.15) is 11.3 Å². The van der Waals surface area contributed by atoms with Gasteiger partial charge in [0.1, 0.15) is 6.54 Å². The molecular formula is C12H14BrN5O. The summed E-state index contributed by atoms with van der Waals surface area (Å²) in [5.41, 5.74) is 7.90. The molecule has 3 N–H and O–H groups in total. The van der Waals surface area contributed by atoms with E-state index in [1.807, 2.05) is 25.1 Å². The monoisotopic (exact) mass is 323 g/mol. The second-order valence-corrected chi connectivity index (χ2v) is 5.00. The van der Waals surface area contributed by atoms with Gasteiger partial charge in [0, 0.05) is 11.0 Å². The first-order valence-electron chi connectivity index (χ1n) is 5.73. The Morgan fingerprint density at radius 3 is 3.00 bits per heavy atom. The van der Waals surface area contributed by atoms with Crippen LogP contribution in [-0.4, -0.2) is 20.9 Å². The SMILES string of the molecule is Cc1ccc(Br)c(NC(=O)Cn2cc(CN)nn2)c1. The number of rotatable bonds is 4. The van der Waals surface area contributed by atoms with Crippen molar-refractivity contribution in [1.29, 1.82) is 0 Å². The van der Waals surface area contributed by atoms with Crippen LogP contribution in [0.2, 0.25) is 0 Å². The fourth-order valence-electron chi connectivity index (χ4n) is 1.58. The van der Waals surface area contributed by atoms with E-state index in [1.165, 1.54) is 4.68 Å². The number of aryl methyl sites for hydroxylation is 1. The Hall–Kier alpha value is -1.73. The number of carbonyl (C=O) groups is 1. The highest BCUT2D eigenvalue weighted by molar-refractivity contribution is 9.10. The fraction of sp³-hybridized carbons (Fsp3) is 0.250. The number of amides is 1. The van der Waals surface area contributed by atoms with Gasteiger partial charge in [0.05, 0.1) is 17.6 Å². The van der Waals surface area contributed by atoms with Crippen molar-refractivity contribution in [1.82, 2.24) is 15.0 Å². The van der Waals surface area contributed by atoms with Crippen LogP contribution >= 0.6 is 15.9 Å². The van der Waals surface area contributed by atoms with Gasteiger partial charge in [-0.25, -0.2) is 4.68 Å². The predicted molar refractivity (Wildman–Crippen MR) is 75.4 cm³/mol. The Morgan fingerprint density at radius 1 is 1.53 bits per heavy atom. The molecule has 0 spiro atoms. The Kier molecular flexibility index (Phi) is 4.28. The zero-order valence-electron chi connectivity index (χ0n) is 10.4. The Balaban J connectivity index is 2.03. The molecule has 1 aromatic carbocycles. The molecule has 0 saturated heterocycles. The van der Waals surface area contributed by atoms with Gasteiger partial charge in [0.2, 0.25) is 5.91 Å². The number of aromatic nitrogens is 3. The van der Waals surface area contributed by atoms with E-state index >= 15 is 0 Å². The maximum absolute atomic E-state index is 11.9. The van der Waals surface area contributed by atoms with Crippen LogP contribution in [-0.2, 0) is 17.9 Å². The first-order chi connectivity index (χ1) is 9.08. The summed E-state index contributed by atoms with van der Waals surface area (Å²) >= 11 is 3.39. The summed E-state index contributed by atoms with van der Waals surface area (Å²) in [7, 11) is 0. The van der Waals surface area contributed by atoms with E-state index in [2.05, 4.69) is 31.6 Å². The lowest BCUT2D eigenvalue weighted by Crippen LogP contribution is -2.19. The number of halogens is 1. The highest BCUT2D eigenvalue weighted by Gasteiger charge is 2.08. The quantitative estimate of drug-likeness (QED) is 0.891. The average Bonchev–Trinajstić information content (AvgIpc) is 2.81. The molecule has 1 amide bonds. The van der Waals surface area contributed by atoms with E-state index in [9.17, 15) is 4.79 Å². The van der Waals surface area contributed by atoms with Crippen molar-refractivity contribution in [2.45, 2.75) is 20.0 Å². The summed E-state index contributed by atoms with van der Waals surface area (Å²) in [6.07, 6.45) is 1.66. The minimum Gasteiger partial charge on any atom is -0.325 e. The lowest BCUT2D eigenvalue weighted by Gasteiger charge is -2.08.